The Hall–Kier alpha value is -2.65. The molecule has 0 radical (unpaired) electrons. The molecule has 2 aromatic heterocycles. The van der Waals surface area contributed by atoms with Gasteiger partial charge in [-0.15, -0.1) is 0 Å². The van der Waals surface area contributed by atoms with Gasteiger partial charge in [-0.3, -0.25) is 0 Å². The minimum atomic E-state index is -2.28. The number of aryl methyl sites for hydroxylation is 1. The summed E-state index contributed by atoms with van der Waals surface area (Å²) in [6.07, 6.45) is 5.69. The van der Waals surface area contributed by atoms with E-state index in [0.717, 1.165) is 28.6 Å². The zero-order valence-corrected chi connectivity index (χ0v) is 17.9. The maximum Gasteiger partial charge on any atom is 0.219 e. The summed E-state index contributed by atoms with van der Waals surface area (Å²) in [5.41, 5.74) is 3.77. The third kappa shape index (κ3) is 4.73. The van der Waals surface area contributed by atoms with E-state index in [1.807, 2.05) is 13.0 Å². The number of rotatable bonds is 5. The SMILES string of the molecule is Cc1cc(N=S(C)(C)=O)cc2ncnc(Cc3ccc(F)nc3O[C@H]3CCOC3)c12. The van der Waals surface area contributed by atoms with Gasteiger partial charge in [-0.25, -0.2) is 14.2 Å². The average Bonchev–Trinajstić information content (AvgIpc) is 3.15. The first kappa shape index (κ1) is 20.6. The van der Waals surface area contributed by atoms with E-state index < -0.39 is 15.7 Å². The Balaban J connectivity index is 1.73. The molecule has 0 N–H and O–H groups in total. The van der Waals surface area contributed by atoms with Gasteiger partial charge in [-0.05, 0) is 36.8 Å². The molecule has 0 spiro atoms. The lowest BCUT2D eigenvalue weighted by atomic mass is 10.0. The molecule has 158 valence electrons. The number of halogens is 1. The van der Waals surface area contributed by atoms with Crippen LogP contribution in [0, 0.1) is 12.9 Å². The average molecular weight is 431 g/mol. The van der Waals surface area contributed by atoms with Crippen LogP contribution in [0.3, 0.4) is 0 Å². The molecule has 9 heteroatoms. The molecule has 0 bridgehead atoms. The molecule has 4 rings (SSSR count). The predicted molar refractivity (Wildman–Crippen MR) is 113 cm³/mol. The maximum atomic E-state index is 13.8. The Bertz CT molecular complexity index is 1210. The van der Waals surface area contributed by atoms with Crippen LogP contribution in [0.2, 0.25) is 0 Å². The van der Waals surface area contributed by atoms with Gasteiger partial charge < -0.3 is 9.47 Å². The smallest absolute Gasteiger partial charge is 0.219 e. The van der Waals surface area contributed by atoms with Gasteiger partial charge in [-0.2, -0.15) is 13.7 Å². The van der Waals surface area contributed by atoms with Gasteiger partial charge in [0.2, 0.25) is 11.8 Å². The Morgan fingerprint density at radius 3 is 2.87 bits per heavy atom. The van der Waals surface area contributed by atoms with E-state index in [2.05, 4.69) is 19.3 Å². The normalized spacial score (nSPS) is 16.7. The standard InChI is InChI=1S/C21H23FN4O3S/c1-13-8-15(26-30(2,3)27)10-18-20(13)17(23-12-24-18)9-14-4-5-19(22)25-21(14)29-16-6-7-28-11-16/h4-5,8,10,12,16H,6-7,9,11H2,1-3H3/t16-/m0/s1. The fraction of sp³-hybridized carbons (Fsp3) is 0.381. The van der Waals surface area contributed by atoms with Crippen molar-refractivity contribution in [1.29, 1.82) is 0 Å². The molecule has 3 heterocycles. The van der Waals surface area contributed by atoms with Crippen molar-refractivity contribution < 1.29 is 18.1 Å². The van der Waals surface area contributed by atoms with E-state index >= 15 is 0 Å². The first-order valence-corrected chi connectivity index (χ1v) is 11.9. The molecule has 0 amide bonds. The number of hydrogen-bond acceptors (Lipinski definition) is 7. The summed E-state index contributed by atoms with van der Waals surface area (Å²) in [5, 5.41) is 0.884. The fourth-order valence-electron chi connectivity index (χ4n) is 3.52. The topological polar surface area (TPSA) is 86.6 Å². The number of hydrogen-bond donors (Lipinski definition) is 0. The lowest BCUT2D eigenvalue weighted by Gasteiger charge is -2.15. The van der Waals surface area contributed by atoms with Crippen molar-refractivity contribution in [3.63, 3.8) is 0 Å². The van der Waals surface area contributed by atoms with Gasteiger partial charge >= 0.3 is 0 Å². The predicted octanol–water partition coefficient (Wildman–Crippen LogP) is 3.59. The molecular formula is C21H23FN4O3S. The third-order valence-electron chi connectivity index (χ3n) is 4.75. The van der Waals surface area contributed by atoms with E-state index in [4.69, 9.17) is 9.47 Å². The van der Waals surface area contributed by atoms with Crippen LogP contribution in [0.4, 0.5) is 10.1 Å². The molecule has 7 nitrogen and oxygen atoms in total. The molecule has 30 heavy (non-hydrogen) atoms. The first-order chi connectivity index (χ1) is 14.3. The fourth-order valence-corrected chi connectivity index (χ4v) is 4.13. The Kier molecular flexibility index (Phi) is 5.66. The maximum absolute atomic E-state index is 13.8. The molecule has 0 saturated carbocycles. The van der Waals surface area contributed by atoms with Crippen LogP contribution in [-0.4, -0.2) is 51.0 Å². The molecule has 1 fully saturated rings. The highest BCUT2D eigenvalue weighted by atomic mass is 32.2. The van der Waals surface area contributed by atoms with Crippen molar-refractivity contribution in [2.24, 2.45) is 4.36 Å². The van der Waals surface area contributed by atoms with E-state index in [1.165, 1.54) is 12.4 Å². The number of nitrogens with zero attached hydrogens (tertiary/aromatic N) is 4. The highest BCUT2D eigenvalue weighted by Crippen LogP contribution is 2.29. The molecule has 1 aromatic carbocycles. The highest BCUT2D eigenvalue weighted by molar-refractivity contribution is 7.92. The minimum absolute atomic E-state index is 0.135. The number of aromatic nitrogens is 3. The van der Waals surface area contributed by atoms with Crippen molar-refractivity contribution in [1.82, 2.24) is 15.0 Å². The molecule has 3 aromatic rings. The highest BCUT2D eigenvalue weighted by Gasteiger charge is 2.21. The van der Waals surface area contributed by atoms with Gasteiger partial charge in [0.25, 0.3) is 0 Å². The third-order valence-corrected chi connectivity index (χ3v) is 5.40. The zero-order chi connectivity index (χ0) is 21.3. The van der Waals surface area contributed by atoms with Crippen LogP contribution < -0.4 is 4.74 Å². The largest absolute Gasteiger partial charge is 0.472 e. The van der Waals surface area contributed by atoms with Crippen molar-refractivity contribution in [2.45, 2.75) is 25.9 Å². The molecular weight excluding hydrogens is 407 g/mol. The quantitative estimate of drug-likeness (QED) is 0.575. The number of benzene rings is 1. The van der Waals surface area contributed by atoms with E-state index in [1.54, 1.807) is 24.6 Å². The number of fused-ring (bicyclic) bond motifs is 1. The second-order valence-corrected chi connectivity index (χ2v) is 10.2. The van der Waals surface area contributed by atoms with Crippen molar-refractivity contribution >= 4 is 26.3 Å². The van der Waals surface area contributed by atoms with Crippen LogP contribution in [0.15, 0.2) is 35.0 Å². The van der Waals surface area contributed by atoms with Crippen molar-refractivity contribution in [3.8, 4) is 5.88 Å². The summed E-state index contributed by atoms with van der Waals surface area (Å²) in [6, 6.07) is 6.66. The lowest BCUT2D eigenvalue weighted by Crippen LogP contribution is -2.18. The van der Waals surface area contributed by atoms with E-state index in [-0.39, 0.29) is 12.0 Å². The van der Waals surface area contributed by atoms with Gasteiger partial charge in [0.05, 0.1) is 30.1 Å². The summed E-state index contributed by atoms with van der Waals surface area (Å²) in [6.45, 7) is 3.04. The summed E-state index contributed by atoms with van der Waals surface area (Å²) in [5.74, 6) is -0.330. The molecule has 1 atom stereocenters. The van der Waals surface area contributed by atoms with Crippen molar-refractivity contribution in [2.75, 3.05) is 25.7 Å². The van der Waals surface area contributed by atoms with Crippen molar-refractivity contribution in [3.05, 3.63) is 53.4 Å². The summed E-state index contributed by atoms with van der Waals surface area (Å²) < 4.78 is 41.4. The molecule has 1 saturated heterocycles. The zero-order valence-electron chi connectivity index (χ0n) is 17.1. The Morgan fingerprint density at radius 1 is 1.30 bits per heavy atom. The molecule has 0 unspecified atom stereocenters. The first-order valence-electron chi connectivity index (χ1n) is 9.60. The van der Waals surface area contributed by atoms with E-state index in [0.29, 0.717) is 30.8 Å². The van der Waals surface area contributed by atoms with Crippen LogP contribution in [0.1, 0.15) is 23.2 Å². The van der Waals surface area contributed by atoms with E-state index in [9.17, 15) is 8.60 Å². The summed E-state index contributed by atoms with van der Waals surface area (Å²) in [7, 11) is -2.28. The van der Waals surface area contributed by atoms with Crippen LogP contribution >= 0.6 is 0 Å². The van der Waals surface area contributed by atoms with Gasteiger partial charge in [0, 0.05) is 46.0 Å². The molecule has 0 aliphatic carbocycles. The van der Waals surface area contributed by atoms with Gasteiger partial charge in [0.1, 0.15) is 12.4 Å². The Morgan fingerprint density at radius 2 is 2.13 bits per heavy atom. The molecule has 1 aliphatic rings. The number of ether oxygens (including phenoxy) is 2. The summed E-state index contributed by atoms with van der Waals surface area (Å²) in [4.78, 5) is 12.8. The van der Waals surface area contributed by atoms with Gasteiger partial charge in [-0.1, -0.05) is 0 Å². The second-order valence-electron chi connectivity index (χ2n) is 7.63. The number of pyridine rings is 1. The van der Waals surface area contributed by atoms with Crippen LogP contribution in [0.25, 0.3) is 10.9 Å². The summed E-state index contributed by atoms with van der Waals surface area (Å²) >= 11 is 0. The van der Waals surface area contributed by atoms with Crippen LogP contribution in [0.5, 0.6) is 5.88 Å². The second kappa shape index (κ2) is 8.23. The monoisotopic (exact) mass is 430 g/mol. The minimum Gasteiger partial charge on any atom is -0.472 e. The van der Waals surface area contributed by atoms with Crippen LogP contribution in [-0.2, 0) is 20.9 Å². The Labute approximate surface area is 174 Å². The molecule has 1 aliphatic heterocycles. The van der Waals surface area contributed by atoms with Gasteiger partial charge in [0.15, 0.2) is 0 Å². The lowest BCUT2D eigenvalue weighted by molar-refractivity contribution is 0.136.